The lowest BCUT2D eigenvalue weighted by atomic mass is 10.2. The minimum Gasteiger partial charge on any atom is -0.483 e. The maximum absolute atomic E-state index is 12.8. The lowest BCUT2D eigenvalue weighted by molar-refractivity contribution is -0.119. The van der Waals surface area contributed by atoms with Gasteiger partial charge in [-0.15, -0.1) is 0 Å². The Bertz CT molecular complexity index is 358. The number of Topliss-reactive ketones (excluding diaryl/α,β-unsaturated/α-hetero) is 1. The zero-order chi connectivity index (χ0) is 10.1. The molecule has 0 aliphatic carbocycles. The highest BCUT2D eigenvalue weighted by molar-refractivity contribution is 5.86. The Morgan fingerprint density at radius 3 is 2.79 bits per heavy atom. The first-order chi connectivity index (χ1) is 6.66. The van der Waals surface area contributed by atoms with Crippen molar-refractivity contribution in [3.05, 3.63) is 23.8 Å². The fraction of sp³-hybridized carbons (Fsp3) is 0.222. The van der Waals surface area contributed by atoms with E-state index in [1.165, 1.54) is 0 Å². The van der Waals surface area contributed by atoms with Gasteiger partial charge in [0.25, 0.3) is 0 Å². The highest BCUT2D eigenvalue weighted by Crippen LogP contribution is 2.28. The average molecular weight is 199 g/mol. The maximum Gasteiger partial charge on any atom is 0.189 e. The molecule has 2 rings (SSSR count). The molecule has 0 saturated carbocycles. The molecular weight excluding hydrogens is 192 g/mol. The number of fused-ring (bicyclic) bond motifs is 1. The van der Waals surface area contributed by atoms with E-state index in [9.17, 15) is 13.6 Å². The Morgan fingerprint density at radius 1 is 1.29 bits per heavy atom. The number of ketones is 1. The molecule has 1 aromatic carbocycles. The number of benzene rings is 1. The first kappa shape index (κ1) is 8.93. The second kappa shape index (κ2) is 3.25. The van der Waals surface area contributed by atoms with Crippen LogP contribution in [-0.4, -0.2) is 18.9 Å². The smallest absolute Gasteiger partial charge is 0.189 e. The summed E-state index contributed by atoms with van der Waals surface area (Å²) in [6, 6.07) is 1.90. The topological polar surface area (TPSA) is 38.3 Å². The van der Waals surface area contributed by atoms with Crippen molar-refractivity contribution < 1.29 is 18.3 Å². The fourth-order valence-electron chi connectivity index (χ4n) is 1.19. The third-order valence-corrected chi connectivity index (χ3v) is 1.89. The molecule has 0 bridgehead atoms. The van der Waals surface area contributed by atoms with Crippen LogP contribution >= 0.6 is 0 Å². The molecule has 74 valence electrons. The van der Waals surface area contributed by atoms with Gasteiger partial charge in [0.1, 0.15) is 12.4 Å². The van der Waals surface area contributed by atoms with Gasteiger partial charge in [-0.2, -0.15) is 0 Å². The molecule has 5 heteroatoms. The van der Waals surface area contributed by atoms with Crippen LogP contribution in [-0.2, 0) is 4.79 Å². The predicted octanol–water partition coefficient (Wildman–Crippen LogP) is 1.34. The summed E-state index contributed by atoms with van der Waals surface area (Å²) in [4.78, 5) is 10.9. The zero-order valence-corrected chi connectivity index (χ0v) is 7.14. The molecule has 0 unspecified atom stereocenters. The predicted molar refractivity (Wildman–Crippen MR) is 45.3 cm³/mol. The number of hydrogen-bond acceptors (Lipinski definition) is 3. The van der Waals surface area contributed by atoms with Crippen LogP contribution in [0, 0.1) is 11.6 Å². The van der Waals surface area contributed by atoms with Crippen molar-refractivity contribution in [3.8, 4) is 5.75 Å². The van der Waals surface area contributed by atoms with Gasteiger partial charge in [-0.05, 0) is 0 Å². The number of rotatable bonds is 0. The lowest BCUT2D eigenvalue weighted by Crippen LogP contribution is -2.16. The molecule has 0 amide bonds. The van der Waals surface area contributed by atoms with Gasteiger partial charge >= 0.3 is 0 Å². The van der Waals surface area contributed by atoms with Gasteiger partial charge in [0.2, 0.25) is 0 Å². The molecule has 0 fully saturated rings. The van der Waals surface area contributed by atoms with Crippen molar-refractivity contribution in [2.45, 2.75) is 0 Å². The largest absolute Gasteiger partial charge is 0.483 e. The van der Waals surface area contributed by atoms with E-state index >= 15 is 0 Å². The van der Waals surface area contributed by atoms with Crippen LogP contribution in [0.1, 0.15) is 0 Å². The summed E-state index contributed by atoms with van der Waals surface area (Å²) in [5.74, 6) is -1.95. The first-order valence-corrected chi connectivity index (χ1v) is 4.04. The standard InChI is InChI=1S/C9H7F2NO2/c10-6-1-8-9(2-7(6)11)14-4-5(13)3-12-8/h1-2,12H,3-4H2. The first-order valence-electron chi connectivity index (χ1n) is 4.04. The molecule has 1 aliphatic rings. The number of hydrogen-bond donors (Lipinski definition) is 1. The zero-order valence-electron chi connectivity index (χ0n) is 7.14. The van der Waals surface area contributed by atoms with Crippen molar-refractivity contribution >= 4 is 11.5 Å². The number of anilines is 1. The van der Waals surface area contributed by atoms with Gasteiger partial charge in [0.05, 0.1) is 12.2 Å². The summed E-state index contributed by atoms with van der Waals surface area (Å²) in [6.45, 7) is -0.0524. The molecule has 0 atom stereocenters. The van der Waals surface area contributed by atoms with Crippen molar-refractivity contribution in [2.75, 3.05) is 18.5 Å². The number of ether oxygens (including phenoxy) is 1. The molecule has 1 N–H and O–H groups in total. The van der Waals surface area contributed by atoms with Crippen molar-refractivity contribution in [1.82, 2.24) is 0 Å². The second-order valence-corrected chi connectivity index (χ2v) is 2.94. The maximum atomic E-state index is 12.8. The normalized spacial score (nSPS) is 15.1. The fourth-order valence-corrected chi connectivity index (χ4v) is 1.19. The number of halogens is 2. The van der Waals surface area contributed by atoms with Gasteiger partial charge in [0.15, 0.2) is 17.4 Å². The van der Waals surface area contributed by atoms with E-state index in [1.54, 1.807) is 0 Å². The molecule has 1 aromatic rings. The molecule has 0 aromatic heterocycles. The Labute approximate surface area is 78.7 Å². The second-order valence-electron chi connectivity index (χ2n) is 2.94. The third-order valence-electron chi connectivity index (χ3n) is 1.89. The minimum absolute atomic E-state index is 0.0675. The van der Waals surface area contributed by atoms with E-state index in [2.05, 4.69) is 5.32 Å². The monoisotopic (exact) mass is 199 g/mol. The molecular formula is C9H7F2NO2. The molecule has 14 heavy (non-hydrogen) atoms. The summed E-state index contributed by atoms with van der Waals surface area (Å²) in [5, 5.41) is 2.66. The van der Waals surface area contributed by atoms with Crippen LogP contribution in [0.4, 0.5) is 14.5 Å². The molecule has 1 heterocycles. The summed E-state index contributed by atoms with van der Waals surface area (Å²) in [5.41, 5.74) is 0.301. The highest BCUT2D eigenvalue weighted by atomic mass is 19.2. The Balaban J connectivity index is 2.41. The van der Waals surface area contributed by atoms with E-state index in [4.69, 9.17) is 4.74 Å². The van der Waals surface area contributed by atoms with Crippen LogP contribution in [0.25, 0.3) is 0 Å². The molecule has 3 nitrogen and oxygen atoms in total. The summed E-state index contributed by atoms with van der Waals surface area (Å²) in [6.07, 6.45) is 0. The number of carbonyl (C=O) groups is 1. The van der Waals surface area contributed by atoms with E-state index in [-0.39, 0.29) is 24.7 Å². The Morgan fingerprint density at radius 2 is 2.00 bits per heavy atom. The van der Waals surface area contributed by atoms with Crippen molar-refractivity contribution in [1.29, 1.82) is 0 Å². The van der Waals surface area contributed by atoms with Crippen LogP contribution in [0.15, 0.2) is 12.1 Å². The molecule has 0 saturated heterocycles. The van der Waals surface area contributed by atoms with Crippen LogP contribution in [0.2, 0.25) is 0 Å². The van der Waals surface area contributed by atoms with Crippen LogP contribution in [0.3, 0.4) is 0 Å². The van der Waals surface area contributed by atoms with E-state index in [0.717, 1.165) is 12.1 Å². The van der Waals surface area contributed by atoms with E-state index < -0.39 is 11.6 Å². The van der Waals surface area contributed by atoms with E-state index in [1.807, 2.05) is 0 Å². The number of carbonyl (C=O) groups excluding carboxylic acids is 1. The quantitative estimate of drug-likeness (QED) is 0.685. The van der Waals surface area contributed by atoms with Gasteiger partial charge < -0.3 is 10.1 Å². The third kappa shape index (κ3) is 1.53. The Kier molecular flexibility index (Phi) is 2.07. The van der Waals surface area contributed by atoms with Gasteiger partial charge in [-0.25, -0.2) is 8.78 Å². The molecule has 0 spiro atoms. The molecule has 1 aliphatic heterocycles. The van der Waals surface area contributed by atoms with E-state index in [0.29, 0.717) is 5.69 Å². The summed E-state index contributed by atoms with van der Waals surface area (Å²) >= 11 is 0. The molecule has 0 radical (unpaired) electrons. The van der Waals surface area contributed by atoms with Crippen LogP contribution in [0.5, 0.6) is 5.75 Å². The SMILES string of the molecule is O=C1CNc2cc(F)c(F)cc2OC1. The average Bonchev–Trinajstić information content (AvgIpc) is 2.31. The highest BCUT2D eigenvalue weighted by Gasteiger charge is 2.16. The van der Waals surface area contributed by atoms with Crippen LogP contribution < -0.4 is 10.1 Å². The Hall–Kier alpha value is -1.65. The summed E-state index contributed by atoms with van der Waals surface area (Å²) < 4.78 is 30.5. The lowest BCUT2D eigenvalue weighted by Gasteiger charge is -2.06. The number of nitrogens with one attached hydrogen (secondary N) is 1. The summed E-state index contributed by atoms with van der Waals surface area (Å²) in [7, 11) is 0. The van der Waals surface area contributed by atoms with Gasteiger partial charge in [0, 0.05) is 12.1 Å². The van der Waals surface area contributed by atoms with Crippen molar-refractivity contribution in [2.24, 2.45) is 0 Å². The van der Waals surface area contributed by atoms with Gasteiger partial charge in [-0.1, -0.05) is 0 Å². The van der Waals surface area contributed by atoms with Gasteiger partial charge in [-0.3, -0.25) is 4.79 Å². The van der Waals surface area contributed by atoms with Crippen molar-refractivity contribution in [3.63, 3.8) is 0 Å². The minimum atomic E-state index is -0.986.